The average Bonchev–Trinajstić information content (AvgIpc) is 3.17. The molecule has 0 unspecified atom stereocenters. The van der Waals surface area contributed by atoms with E-state index in [0.29, 0.717) is 6.42 Å². The van der Waals surface area contributed by atoms with Crippen LogP contribution in [-0.2, 0) is 9.53 Å². The van der Waals surface area contributed by atoms with E-state index < -0.39 is 30.0 Å². The van der Waals surface area contributed by atoms with Crippen LogP contribution in [0, 0.1) is 5.92 Å². The molecule has 3 rings (SSSR count). The lowest BCUT2D eigenvalue weighted by Gasteiger charge is -2.17. The third-order valence-corrected chi connectivity index (χ3v) is 4.40. The van der Waals surface area contributed by atoms with Gasteiger partial charge in [0.05, 0.1) is 18.5 Å². The number of hydrogen-bond acceptors (Lipinski definition) is 7. The summed E-state index contributed by atoms with van der Waals surface area (Å²) in [6.45, 7) is 5.26. The second kappa shape index (κ2) is 7.35. The maximum Gasteiger partial charge on any atom is 0.280 e. The Balaban J connectivity index is 2.02. The molecule has 0 aliphatic carbocycles. The summed E-state index contributed by atoms with van der Waals surface area (Å²) in [6, 6.07) is -0.774. The van der Waals surface area contributed by atoms with E-state index in [0.717, 1.165) is 0 Å². The van der Waals surface area contributed by atoms with Crippen molar-refractivity contribution in [2.45, 2.75) is 51.7 Å². The molecule has 0 aromatic carbocycles. The number of imidazole rings is 1. The maximum atomic E-state index is 12.3. The Bertz CT molecular complexity index is 960. The molecular formula is C15H20N8O4. The Hall–Kier alpha value is -2.95. The van der Waals surface area contributed by atoms with Gasteiger partial charge in [-0.25, -0.2) is 4.98 Å². The number of aliphatic hydroxyl groups excluding tert-OH is 1. The molecule has 12 heteroatoms. The van der Waals surface area contributed by atoms with Crippen LogP contribution in [0.2, 0.25) is 0 Å². The molecule has 1 amide bonds. The molecule has 1 aliphatic heterocycles. The van der Waals surface area contributed by atoms with Crippen molar-refractivity contribution in [3.05, 3.63) is 27.1 Å². The Labute approximate surface area is 153 Å². The van der Waals surface area contributed by atoms with Crippen LogP contribution in [0.25, 0.3) is 21.6 Å². The van der Waals surface area contributed by atoms with Crippen molar-refractivity contribution in [3.8, 4) is 0 Å². The van der Waals surface area contributed by atoms with Crippen LogP contribution in [0.15, 0.2) is 16.2 Å². The number of ether oxygens (including phenoxy) is 1. The third kappa shape index (κ3) is 3.37. The normalized spacial score (nSPS) is 24.9. The molecule has 3 N–H and O–H groups in total. The van der Waals surface area contributed by atoms with Crippen molar-refractivity contribution in [3.63, 3.8) is 0 Å². The highest BCUT2D eigenvalue weighted by molar-refractivity contribution is 5.91. The average molecular weight is 376 g/mol. The van der Waals surface area contributed by atoms with Gasteiger partial charge in [0.2, 0.25) is 11.9 Å². The first-order valence-electron chi connectivity index (χ1n) is 8.52. The number of carbonyl (C=O) groups is 1. The Kier molecular flexibility index (Phi) is 5.13. The monoisotopic (exact) mass is 376 g/mol. The Morgan fingerprint density at radius 1 is 1.59 bits per heavy atom. The van der Waals surface area contributed by atoms with Crippen molar-refractivity contribution in [1.29, 1.82) is 0 Å². The summed E-state index contributed by atoms with van der Waals surface area (Å²) in [5.74, 6) is -0.639. The van der Waals surface area contributed by atoms with E-state index in [1.165, 1.54) is 10.9 Å². The van der Waals surface area contributed by atoms with Crippen LogP contribution < -0.4 is 10.9 Å². The topological polar surface area (TPSA) is 171 Å². The standard InChI is InChI=1S/C15H20N8O4/c1-4-7-8(21-22-16)10(24)14(27-7)23-5-17-9-11(23)18-15(20-13(9)26)19-12(25)6(2)3/h5-8,10,14,24H,4H2,1-3H3,(H2,18,19,20,25,26)/t7-,8-,10-,14-/m1/s1. The van der Waals surface area contributed by atoms with Gasteiger partial charge >= 0.3 is 0 Å². The van der Waals surface area contributed by atoms with E-state index in [9.17, 15) is 14.7 Å². The van der Waals surface area contributed by atoms with Crippen LogP contribution in [0.1, 0.15) is 33.4 Å². The first kappa shape index (κ1) is 18.8. The fourth-order valence-corrected chi connectivity index (χ4v) is 2.93. The molecule has 144 valence electrons. The molecular weight excluding hydrogens is 356 g/mol. The molecule has 2 aromatic heterocycles. The first-order chi connectivity index (χ1) is 12.9. The zero-order valence-corrected chi connectivity index (χ0v) is 15.0. The van der Waals surface area contributed by atoms with Crippen LogP contribution >= 0.6 is 0 Å². The van der Waals surface area contributed by atoms with Gasteiger partial charge in [-0.15, -0.1) is 0 Å². The lowest BCUT2D eigenvalue weighted by atomic mass is 10.1. The Morgan fingerprint density at radius 3 is 2.96 bits per heavy atom. The third-order valence-electron chi connectivity index (χ3n) is 4.40. The summed E-state index contributed by atoms with van der Waals surface area (Å²) in [4.78, 5) is 37.6. The van der Waals surface area contributed by atoms with E-state index in [2.05, 4.69) is 30.3 Å². The highest BCUT2D eigenvalue weighted by Crippen LogP contribution is 2.34. The molecule has 0 saturated carbocycles. The second-order valence-corrected chi connectivity index (χ2v) is 6.54. The minimum absolute atomic E-state index is 0.0286. The van der Waals surface area contributed by atoms with E-state index in [1.807, 2.05) is 6.92 Å². The number of H-pyrrole nitrogens is 1. The molecule has 0 spiro atoms. The fraction of sp³-hybridized carbons (Fsp3) is 0.600. The number of aromatic amines is 1. The van der Waals surface area contributed by atoms with Crippen molar-refractivity contribution < 1.29 is 14.6 Å². The number of amides is 1. The van der Waals surface area contributed by atoms with E-state index in [1.54, 1.807) is 13.8 Å². The van der Waals surface area contributed by atoms with Gasteiger partial charge in [0.1, 0.15) is 6.10 Å². The van der Waals surface area contributed by atoms with E-state index in [4.69, 9.17) is 10.3 Å². The number of fused-ring (bicyclic) bond motifs is 1. The molecule has 27 heavy (non-hydrogen) atoms. The minimum atomic E-state index is -1.14. The summed E-state index contributed by atoms with van der Waals surface area (Å²) >= 11 is 0. The molecule has 4 atom stereocenters. The molecule has 2 aromatic rings. The summed E-state index contributed by atoms with van der Waals surface area (Å²) in [5, 5.41) is 16.7. The summed E-state index contributed by atoms with van der Waals surface area (Å²) in [6.07, 6.45) is -0.718. The van der Waals surface area contributed by atoms with Gasteiger partial charge in [-0.3, -0.25) is 24.5 Å². The van der Waals surface area contributed by atoms with Gasteiger partial charge in [-0.05, 0) is 12.0 Å². The summed E-state index contributed by atoms with van der Waals surface area (Å²) < 4.78 is 7.21. The van der Waals surface area contributed by atoms with Crippen molar-refractivity contribution in [2.24, 2.45) is 11.0 Å². The number of aliphatic hydroxyl groups is 1. The molecule has 1 aliphatic rings. The number of anilines is 1. The Morgan fingerprint density at radius 2 is 2.33 bits per heavy atom. The SMILES string of the molecule is CC[C@H]1O[C@@H](n2cnc3c(=O)[nH]c(NC(=O)C(C)C)nc32)[C@H](O)[C@@H]1N=[N+]=[N-]. The van der Waals surface area contributed by atoms with Gasteiger partial charge in [0, 0.05) is 10.8 Å². The van der Waals surface area contributed by atoms with Crippen molar-refractivity contribution >= 4 is 23.0 Å². The molecule has 0 bridgehead atoms. The largest absolute Gasteiger partial charge is 0.388 e. The summed E-state index contributed by atoms with van der Waals surface area (Å²) in [5.41, 5.74) is 8.36. The quantitative estimate of drug-likeness (QED) is 0.400. The number of aromatic nitrogens is 4. The molecule has 12 nitrogen and oxygen atoms in total. The number of azide groups is 1. The number of rotatable bonds is 5. The predicted octanol–water partition coefficient (Wildman–Crippen LogP) is 1.06. The van der Waals surface area contributed by atoms with Crippen molar-refractivity contribution in [2.75, 3.05) is 5.32 Å². The van der Waals surface area contributed by atoms with Gasteiger partial charge in [-0.1, -0.05) is 25.9 Å². The number of carbonyl (C=O) groups excluding carboxylic acids is 1. The first-order valence-corrected chi connectivity index (χ1v) is 8.52. The van der Waals surface area contributed by atoms with Gasteiger partial charge in [0.25, 0.3) is 5.56 Å². The van der Waals surface area contributed by atoms with Gasteiger partial charge < -0.3 is 9.84 Å². The van der Waals surface area contributed by atoms with Crippen molar-refractivity contribution in [1.82, 2.24) is 19.5 Å². The zero-order valence-electron chi connectivity index (χ0n) is 15.0. The van der Waals surface area contributed by atoms with Gasteiger partial charge in [0.15, 0.2) is 17.4 Å². The van der Waals surface area contributed by atoms with Crippen LogP contribution in [-0.4, -0.2) is 48.8 Å². The number of nitrogens with one attached hydrogen (secondary N) is 2. The highest BCUT2D eigenvalue weighted by Gasteiger charge is 2.44. The lowest BCUT2D eigenvalue weighted by Crippen LogP contribution is -2.29. The van der Waals surface area contributed by atoms with Crippen LogP contribution in [0.3, 0.4) is 0 Å². The summed E-state index contributed by atoms with van der Waals surface area (Å²) in [7, 11) is 0. The molecule has 3 heterocycles. The highest BCUT2D eigenvalue weighted by atomic mass is 16.5. The zero-order chi connectivity index (χ0) is 19.7. The molecule has 1 fully saturated rings. The fourth-order valence-electron chi connectivity index (χ4n) is 2.93. The number of hydrogen-bond donors (Lipinski definition) is 3. The molecule has 0 radical (unpaired) electrons. The van der Waals surface area contributed by atoms with Crippen LogP contribution in [0.4, 0.5) is 5.95 Å². The second-order valence-electron chi connectivity index (χ2n) is 6.54. The minimum Gasteiger partial charge on any atom is -0.388 e. The van der Waals surface area contributed by atoms with Crippen LogP contribution in [0.5, 0.6) is 0 Å². The van der Waals surface area contributed by atoms with E-state index >= 15 is 0 Å². The predicted molar refractivity (Wildman–Crippen MR) is 94.8 cm³/mol. The van der Waals surface area contributed by atoms with E-state index in [-0.39, 0.29) is 28.9 Å². The molecule has 1 saturated heterocycles. The smallest absolute Gasteiger partial charge is 0.280 e. The lowest BCUT2D eigenvalue weighted by molar-refractivity contribution is -0.118. The maximum absolute atomic E-state index is 12.3. The van der Waals surface area contributed by atoms with Gasteiger partial charge in [-0.2, -0.15) is 4.98 Å². The number of nitrogens with zero attached hydrogens (tertiary/aromatic N) is 6.